The highest BCUT2D eigenvalue weighted by molar-refractivity contribution is 6.30. The summed E-state index contributed by atoms with van der Waals surface area (Å²) >= 11 is 5.83. The van der Waals surface area contributed by atoms with Crippen LogP contribution >= 0.6 is 11.6 Å². The Morgan fingerprint density at radius 3 is 2.63 bits per heavy atom. The van der Waals surface area contributed by atoms with Gasteiger partial charge in [-0.25, -0.2) is 0 Å². The van der Waals surface area contributed by atoms with Crippen LogP contribution in [-0.2, 0) is 6.54 Å². The van der Waals surface area contributed by atoms with Crippen molar-refractivity contribution in [2.75, 3.05) is 13.6 Å². The van der Waals surface area contributed by atoms with Gasteiger partial charge in [-0.1, -0.05) is 29.8 Å². The zero-order valence-electron chi connectivity index (χ0n) is 10.8. The topological polar surface area (TPSA) is 36.4 Å². The minimum absolute atomic E-state index is 0.515. The first-order valence-corrected chi connectivity index (χ1v) is 6.54. The second-order valence-corrected chi connectivity index (χ2v) is 5.06. The third-order valence-corrected chi connectivity index (χ3v) is 3.17. The zero-order valence-corrected chi connectivity index (χ0v) is 11.6. The summed E-state index contributed by atoms with van der Waals surface area (Å²) in [7, 11) is 1.98. The van der Waals surface area contributed by atoms with Crippen LogP contribution < -0.4 is 0 Å². The van der Waals surface area contributed by atoms with Crippen molar-refractivity contribution >= 4 is 11.6 Å². The third kappa shape index (κ3) is 4.31. The van der Waals surface area contributed by atoms with Gasteiger partial charge in [0.15, 0.2) is 0 Å². The molecular weight excluding hydrogens is 260 g/mol. The van der Waals surface area contributed by atoms with Crippen LogP contribution in [0.3, 0.4) is 0 Å². The van der Waals surface area contributed by atoms with E-state index in [4.69, 9.17) is 11.6 Å². The van der Waals surface area contributed by atoms with Gasteiger partial charge in [-0.05, 0) is 36.4 Å². The van der Waals surface area contributed by atoms with E-state index in [1.54, 1.807) is 18.3 Å². The number of rotatable bonds is 5. The average Bonchev–Trinajstić information content (AvgIpc) is 2.40. The van der Waals surface area contributed by atoms with Crippen LogP contribution in [-0.4, -0.2) is 28.6 Å². The molecule has 4 heteroatoms. The number of aromatic nitrogens is 1. The molecule has 1 aromatic carbocycles. The predicted molar refractivity (Wildman–Crippen MR) is 77.0 cm³/mol. The number of aliphatic hydroxyl groups is 1. The van der Waals surface area contributed by atoms with Crippen molar-refractivity contribution in [1.29, 1.82) is 0 Å². The normalized spacial score (nSPS) is 12.6. The second kappa shape index (κ2) is 6.66. The summed E-state index contributed by atoms with van der Waals surface area (Å²) in [5.41, 5.74) is 2.01. The molecule has 0 saturated heterocycles. The third-order valence-electron chi connectivity index (χ3n) is 2.91. The number of pyridine rings is 1. The monoisotopic (exact) mass is 276 g/mol. The van der Waals surface area contributed by atoms with E-state index in [0.29, 0.717) is 11.6 Å². The Morgan fingerprint density at radius 2 is 2.00 bits per heavy atom. The second-order valence-electron chi connectivity index (χ2n) is 4.63. The maximum absolute atomic E-state index is 10.2. The molecule has 2 rings (SSSR count). The summed E-state index contributed by atoms with van der Waals surface area (Å²) in [6, 6.07) is 11.2. The Kier molecular flexibility index (Phi) is 4.91. The molecule has 0 aliphatic carbocycles. The zero-order chi connectivity index (χ0) is 13.7. The molecule has 1 atom stereocenters. The lowest BCUT2D eigenvalue weighted by atomic mass is 10.1. The van der Waals surface area contributed by atoms with E-state index in [1.807, 2.05) is 37.5 Å². The van der Waals surface area contributed by atoms with E-state index >= 15 is 0 Å². The molecule has 3 nitrogen and oxygen atoms in total. The number of benzene rings is 1. The molecule has 100 valence electrons. The number of likely N-dealkylation sites (N-methyl/N-ethyl adjacent to an activating group) is 1. The van der Waals surface area contributed by atoms with Crippen molar-refractivity contribution in [2.24, 2.45) is 0 Å². The Labute approximate surface area is 118 Å². The summed E-state index contributed by atoms with van der Waals surface area (Å²) in [6.07, 6.45) is 3.08. The first kappa shape index (κ1) is 14.0. The molecule has 2 aromatic rings. The SMILES string of the molecule is CN(Cc1cccnc1)CC(O)c1ccc(Cl)cc1. The average molecular weight is 277 g/mol. The molecule has 0 saturated carbocycles. The van der Waals surface area contributed by atoms with Crippen molar-refractivity contribution in [3.05, 3.63) is 64.9 Å². The van der Waals surface area contributed by atoms with Gasteiger partial charge in [0.1, 0.15) is 0 Å². The van der Waals surface area contributed by atoms with Crippen LogP contribution in [0.15, 0.2) is 48.8 Å². The molecule has 0 bridgehead atoms. The molecule has 1 unspecified atom stereocenters. The maximum atomic E-state index is 10.2. The molecule has 1 aromatic heterocycles. The van der Waals surface area contributed by atoms with E-state index in [0.717, 1.165) is 17.7 Å². The molecule has 0 amide bonds. The first-order valence-electron chi connectivity index (χ1n) is 6.16. The molecule has 19 heavy (non-hydrogen) atoms. The Bertz CT molecular complexity index is 501. The molecule has 0 radical (unpaired) electrons. The maximum Gasteiger partial charge on any atom is 0.0916 e. The lowest BCUT2D eigenvalue weighted by Gasteiger charge is -2.20. The first-order chi connectivity index (χ1) is 9.15. The van der Waals surface area contributed by atoms with Gasteiger partial charge in [0.2, 0.25) is 0 Å². The quantitative estimate of drug-likeness (QED) is 0.912. The van der Waals surface area contributed by atoms with E-state index in [9.17, 15) is 5.11 Å². The summed E-state index contributed by atoms with van der Waals surface area (Å²) < 4.78 is 0. The summed E-state index contributed by atoms with van der Waals surface area (Å²) in [5, 5.41) is 10.8. The Hall–Kier alpha value is -1.42. The fourth-order valence-electron chi connectivity index (χ4n) is 1.95. The van der Waals surface area contributed by atoms with Crippen LogP contribution in [0.4, 0.5) is 0 Å². The molecule has 0 fully saturated rings. The Balaban J connectivity index is 1.91. The number of aliphatic hydroxyl groups excluding tert-OH is 1. The summed E-state index contributed by atoms with van der Waals surface area (Å²) in [4.78, 5) is 6.15. The molecule has 1 heterocycles. The van der Waals surface area contributed by atoms with Crippen LogP contribution in [0.5, 0.6) is 0 Å². The van der Waals surface area contributed by atoms with Gasteiger partial charge in [-0.3, -0.25) is 9.88 Å². The van der Waals surface area contributed by atoms with E-state index in [-0.39, 0.29) is 0 Å². The van der Waals surface area contributed by atoms with Crippen molar-refractivity contribution in [2.45, 2.75) is 12.6 Å². The standard InChI is InChI=1S/C15H17ClN2O/c1-18(10-12-3-2-8-17-9-12)11-15(19)13-4-6-14(16)7-5-13/h2-9,15,19H,10-11H2,1H3. The van der Waals surface area contributed by atoms with Crippen LogP contribution in [0.25, 0.3) is 0 Å². The summed E-state index contributed by atoms with van der Waals surface area (Å²) in [5.74, 6) is 0. The highest BCUT2D eigenvalue weighted by atomic mass is 35.5. The van der Waals surface area contributed by atoms with E-state index < -0.39 is 6.10 Å². The van der Waals surface area contributed by atoms with E-state index in [1.165, 1.54) is 0 Å². The number of hydrogen-bond donors (Lipinski definition) is 1. The van der Waals surface area contributed by atoms with Gasteiger partial charge in [0, 0.05) is 30.5 Å². The van der Waals surface area contributed by atoms with Gasteiger partial charge < -0.3 is 5.11 Å². The molecular formula is C15H17ClN2O. The van der Waals surface area contributed by atoms with Crippen LogP contribution in [0.1, 0.15) is 17.2 Å². The van der Waals surface area contributed by atoms with Gasteiger partial charge >= 0.3 is 0 Å². The van der Waals surface area contributed by atoms with Gasteiger partial charge in [-0.2, -0.15) is 0 Å². The molecule has 0 spiro atoms. The number of halogens is 1. The fourth-order valence-corrected chi connectivity index (χ4v) is 2.08. The van der Waals surface area contributed by atoms with Crippen molar-refractivity contribution in [1.82, 2.24) is 9.88 Å². The van der Waals surface area contributed by atoms with Gasteiger partial charge in [0.05, 0.1) is 6.10 Å². The largest absolute Gasteiger partial charge is 0.387 e. The molecule has 1 N–H and O–H groups in total. The lowest BCUT2D eigenvalue weighted by Crippen LogP contribution is -2.24. The van der Waals surface area contributed by atoms with Gasteiger partial charge in [-0.15, -0.1) is 0 Å². The predicted octanol–water partition coefficient (Wildman–Crippen LogP) is 2.90. The fraction of sp³-hybridized carbons (Fsp3) is 0.267. The number of nitrogens with zero attached hydrogens (tertiary/aromatic N) is 2. The highest BCUT2D eigenvalue weighted by Gasteiger charge is 2.10. The smallest absolute Gasteiger partial charge is 0.0916 e. The van der Waals surface area contributed by atoms with Crippen molar-refractivity contribution in [3.63, 3.8) is 0 Å². The highest BCUT2D eigenvalue weighted by Crippen LogP contribution is 2.17. The minimum atomic E-state index is -0.515. The van der Waals surface area contributed by atoms with Crippen molar-refractivity contribution < 1.29 is 5.11 Å². The van der Waals surface area contributed by atoms with Gasteiger partial charge in [0.25, 0.3) is 0 Å². The minimum Gasteiger partial charge on any atom is -0.387 e. The van der Waals surface area contributed by atoms with E-state index in [2.05, 4.69) is 9.88 Å². The molecule has 0 aliphatic rings. The number of hydrogen-bond acceptors (Lipinski definition) is 3. The van der Waals surface area contributed by atoms with Crippen LogP contribution in [0.2, 0.25) is 5.02 Å². The lowest BCUT2D eigenvalue weighted by molar-refractivity contribution is 0.124. The van der Waals surface area contributed by atoms with Crippen LogP contribution in [0, 0.1) is 0 Å². The molecule has 0 aliphatic heterocycles. The van der Waals surface area contributed by atoms with Crippen molar-refractivity contribution in [3.8, 4) is 0 Å². The summed E-state index contributed by atoms with van der Waals surface area (Å²) in [6.45, 7) is 1.33. The Morgan fingerprint density at radius 1 is 1.26 bits per heavy atom.